The summed E-state index contributed by atoms with van der Waals surface area (Å²) in [6.45, 7) is 9.68. The SMILES string of the molecule is CCN(CC(C)(C)O)C(C)C(=O)N1CCCC1c1cccs1. The van der Waals surface area contributed by atoms with Crippen LogP contribution in [-0.4, -0.2) is 52.1 Å². The third kappa shape index (κ3) is 4.09. The van der Waals surface area contributed by atoms with Crippen LogP contribution >= 0.6 is 11.3 Å². The Morgan fingerprint density at radius 3 is 2.86 bits per heavy atom. The first kappa shape index (κ1) is 17.4. The molecule has 1 saturated heterocycles. The van der Waals surface area contributed by atoms with Gasteiger partial charge in [-0.1, -0.05) is 13.0 Å². The number of amides is 1. The van der Waals surface area contributed by atoms with Crippen LogP contribution in [0.15, 0.2) is 17.5 Å². The van der Waals surface area contributed by atoms with Crippen LogP contribution in [0.1, 0.15) is 51.5 Å². The third-order valence-electron chi connectivity index (χ3n) is 4.31. The molecule has 1 aliphatic rings. The van der Waals surface area contributed by atoms with Crippen molar-refractivity contribution in [1.82, 2.24) is 9.80 Å². The summed E-state index contributed by atoms with van der Waals surface area (Å²) in [5.41, 5.74) is -0.789. The van der Waals surface area contributed by atoms with Crippen LogP contribution in [0.2, 0.25) is 0 Å². The number of carbonyl (C=O) groups is 1. The van der Waals surface area contributed by atoms with Crippen molar-refractivity contribution in [3.63, 3.8) is 0 Å². The van der Waals surface area contributed by atoms with E-state index >= 15 is 0 Å². The van der Waals surface area contributed by atoms with Crippen LogP contribution in [0.3, 0.4) is 0 Å². The molecule has 0 saturated carbocycles. The predicted octanol–water partition coefficient (Wildman–Crippen LogP) is 2.89. The van der Waals surface area contributed by atoms with E-state index in [9.17, 15) is 9.90 Å². The minimum Gasteiger partial charge on any atom is -0.389 e. The Bertz CT molecular complexity index is 481. The zero-order valence-corrected chi connectivity index (χ0v) is 14.9. The maximum absolute atomic E-state index is 12.9. The average molecular weight is 324 g/mol. The molecule has 1 aliphatic heterocycles. The van der Waals surface area contributed by atoms with Crippen molar-refractivity contribution in [3.8, 4) is 0 Å². The van der Waals surface area contributed by atoms with Crippen molar-refractivity contribution >= 4 is 17.2 Å². The Morgan fingerprint density at radius 1 is 1.59 bits per heavy atom. The molecular weight excluding hydrogens is 296 g/mol. The number of likely N-dealkylation sites (N-methyl/N-ethyl adjacent to an activating group) is 1. The number of hydrogen-bond donors (Lipinski definition) is 1. The molecular formula is C17H28N2O2S. The molecule has 0 spiro atoms. The number of hydrogen-bond acceptors (Lipinski definition) is 4. The van der Waals surface area contributed by atoms with Gasteiger partial charge in [0.05, 0.1) is 17.7 Å². The van der Waals surface area contributed by atoms with Gasteiger partial charge in [-0.3, -0.25) is 9.69 Å². The molecule has 2 heterocycles. The minimum absolute atomic E-state index is 0.182. The smallest absolute Gasteiger partial charge is 0.240 e. The van der Waals surface area contributed by atoms with Gasteiger partial charge in [0.25, 0.3) is 0 Å². The van der Waals surface area contributed by atoms with Gasteiger partial charge in [0.2, 0.25) is 5.91 Å². The Morgan fingerprint density at radius 2 is 2.32 bits per heavy atom. The summed E-state index contributed by atoms with van der Waals surface area (Å²) in [6, 6.07) is 4.21. The zero-order valence-electron chi connectivity index (χ0n) is 14.1. The van der Waals surface area contributed by atoms with Crippen LogP contribution in [-0.2, 0) is 4.79 Å². The second-order valence-corrected chi connectivity index (χ2v) is 7.74. The molecule has 1 aromatic rings. The molecule has 1 amide bonds. The molecule has 1 aromatic heterocycles. The second-order valence-electron chi connectivity index (χ2n) is 6.76. The highest BCUT2D eigenvalue weighted by Gasteiger charge is 2.35. The Labute approximate surface area is 137 Å². The number of aliphatic hydroxyl groups is 1. The summed E-state index contributed by atoms with van der Waals surface area (Å²) in [7, 11) is 0. The molecule has 2 unspecified atom stereocenters. The van der Waals surface area contributed by atoms with E-state index in [2.05, 4.69) is 22.4 Å². The average Bonchev–Trinajstić information content (AvgIpc) is 3.11. The van der Waals surface area contributed by atoms with Crippen molar-refractivity contribution in [2.45, 2.75) is 58.2 Å². The lowest BCUT2D eigenvalue weighted by Gasteiger charge is -2.35. The number of rotatable bonds is 6. The summed E-state index contributed by atoms with van der Waals surface area (Å²) in [4.78, 5) is 18.3. The van der Waals surface area contributed by atoms with Gasteiger partial charge in [0.15, 0.2) is 0 Å². The monoisotopic (exact) mass is 324 g/mol. The second kappa shape index (κ2) is 7.11. The van der Waals surface area contributed by atoms with Gasteiger partial charge < -0.3 is 10.0 Å². The summed E-state index contributed by atoms with van der Waals surface area (Å²) in [6.07, 6.45) is 2.12. The van der Waals surface area contributed by atoms with Crippen molar-refractivity contribution < 1.29 is 9.90 Å². The summed E-state index contributed by atoms with van der Waals surface area (Å²) >= 11 is 1.73. The summed E-state index contributed by atoms with van der Waals surface area (Å²) in [5.74, 6) is 0.182. The van der Waals surface area contributed by atoms with Crippen LogP contribution in [0.4, 0.5) is 0 Å². The highest BCUT2D eigenvalue weighted by atomic mass is 32.1. The normalized spacial score (nSPS) is 20.6. The first-order valence-electron chi connectivity index (χ1n) is 8.14. The zero-order chi connectivity index (χ0) is 16.3. The van der Waals surface area contributed by atoms with Gasteiger partial charge >= 0.3 is 0 Å². The van der Waals surface area contributed by atoms with Gasteiger partial charge in [0.1, 0.15) is 0 Å². The molecule has 0 aliphatic carbocycles. The van der Waals surface area contributed by atoms with Crippen LogP contribution in [0.5, 0.6) is 0 Å². The van der Waals surface area contributed by atoms with Gasteiger partial charge in [-0.2, -0.15) is 0 Å². The van der Waals surface area contributed by atoms with Crippen molar-refractivity contribution in [1.29, 1.82) is 0 Å². The van der Waals surface area contributed by atoms with E-state index in [0.717, 1.165) is 25.9 Å². The Kier molecular flexibility index (Phi) is 5.64. The lowest BCUT2D eigenvalue weighted by atomic mass is 10.1. The molecule has 0 bridgehead atoms. The predicted molar refractivity (Wildman–Crippen MR) is 91.0 cm³/mol. The van der Waals surface area contributed by atoms with Crippen molar-refractivity contribution in [3.05, 3.63) is 22.4 Å². The summed E-state index contributed by atoms with van der Waals surface area (Å²) < 4.78 is 0. The molecule has 4 nitrogen and oxygen atoms in total. The quantitative estimate of drug-likeness (QED) is 0.875. The van der Waals surface area contributed by atoms with Crippen LogP contribution in [0, 0.1) is 0 Å². The van der Waals surface area contributed by atoms with E-state index < -0.39 is 5.60 Å². The largest absolute Gasteiger partial charge is 0.389 e. The Balaban J connectivity index is 2.08. The van der Waals surface area contributed by atoms with E-state index in [1.54, 1.807) is 25.2 Å². The topological polar surface area (TPSA) is 43.8 Å². The molecule has 2 atom stereocenters. The molecule has 124 valence electrons. The fourth-order valence-electron chi connectivity index (χ4n) is 3.22. The van der Waals surface area contributed by atoms with E-state index in [0.29, 0.717) is 6.54 Å². The lowest BCUT2D eigenvalue weighted by molar-refractivity contribution is -0.138. The lowest BCUT2D eigenvalue weighted by Crippen LogP contribution is -2.50. The fourth-order valence-corrected chi connectivity index (χ4v) is 4.10. The molecule has 1 N–H and O–H groups in total. The number of nitrogens with zero attached hydrogens (tertiary/aromatic N) is 2. The number of likely N-dealkylation sites (tertiary alicyclic amines) is 1. The summed E-state index contributed by atoms with van der Waals surface area (Å²) in [5, 5.41) is 12.1. The highest BCUT2D eigenvalue weighted by Crippen LogP contribution is 2.35. The molecule has 0 radical (unpaired) electrons. The third-order valence-corrected chi connectivity index (χ3v) is 5.28. The molecule has 22 heavy (non-hydrogen) atoms. The molecule has 5 heteroatoms. The first-order valence-corrected chi connectivity index (χ1v) is 9.01. The van der Waals surface area contributed by atoms with E-state index in [1.165, 1.54) is 4.88 Å². The minimum atomic E-state index is -0.789. The van der Waals surface area contributed by atoms with Crippen LogP contribution < -0.4 is 0 Å². The number of thiophene rings is 1. The highest BCUT2D eigenvalue weighted by molar-refractivity contribution is 7.10. The molecule has 1 fully saturated rings. The molecule has 2 rings (SSSR count). The van der Waals surface area contributed by atoms with E-state index in [-0.39, 0.29) is 18.0 Å². The maximum Gasteiger partial charge on any atom is 0.240 e. The van der Waals surface area contributed by atoms with E-state index in [4.69, 9.17) is 0 Å². The van der Waals surface area contributed by atoms with Crippen molar-refractivity contribution in [2.24, 2.45) is 0 Å². The standard InChI is InChI=1S/C17H28N2O2S/c1-5-18(12-17(3,4)21)13(2)16(20)19-10-6-8-14(19)15-9-7-11-22-15/h7,9,11,13-14,21H,5-6,8,10,12H2,1-4H3. The van der Waals surface area contributed by atoms with Gasteiger partial charge in [0, 0.05) is 18.0 Å². The maximum atomic E-state index is 12.9. The van der Waals surface area contributed by atoms with Gasteiger partial charge in [-0.15, -0.1) is 11.3 Å². The van der Waals surface area contributed by atoms with Crippen LogP contribution in [0.25, 0.3) is 0 Å². The van der Waals surface area contributed by atoms with Gasteiger partial charge in [-0.25, -0.2) is 0 Å². The first-order chi connectivity index (χ1) is 10.3. The number of carbonyl (C=O) groups excluding carboxylic acids is 1. The Hall–Kier alpha value is -0.910. The van der Waals surface area contributed by atoms with Gasteiger partial charge in [-0.05, 0) is 51.6 Å². The van der Waals surface area contributed by atoms with E-state index in [1.807, 2.05) is 18.7 Å². The molecule has 0 aromatic carbocycles. The fraction of sp³-hybridized carbons (Fsp3) is 0.706. The van der Waals surface area contributed by atoms with Crippen molar-refractivity contribution in [2.75, 3.05) is 19.6 Å².